The van der Waals surface area contributed by atoms with E-state index in [4.69, 9.17) is 0 Å². The quantitative estimate of drug-likeness (QED) is 0.441. The molecule has 0 saturated heterocycles. The second-order valence-corrected chi connectivity index (χ2v) is 14.7. The van der Waals surface area contributed by atoms with Crippen LogP contribution in [0.15, 0.2) is 18.2 Å². The summed E-state index contributed by atoms with van der Waals surface area (Å²) >= 11 is 0. The fourth-order valence-electron chi connectivity index (χ4n) is 10.7. The Bertz CT molecular complexity index is 1130. The fourth-order valence-corrected chi connectivity index (χ4v) is 10.7. The van der Waals surface area contributed by atoms with Gasteiger partial charge in [0.05, 0.1) is 12.2 Å². The van der Waals surface area contributed by atoms with Crippen LogP contribution in [0.5, 0.6) is 0 Å². The topological polar surface area (TPSA) is 77.8 Å². The first-order chi connectivity index (χ1) is 18.5. The number of amides is 1. The number of benzene rings is 1. The average molecular weight is 536 g/mol. The second-order valence-electron chi connectivity index (χ2n) is 14.7. The van der Waals surface area contributed by atoms with E-state index < -0.39 is 0 Å². The fraction of sp³-hybridized carbons (Fsp3) is 0.765. The van der Waals surface area contributed by atoms with Crippen LogP contribution in [0.25, 0.3) is 0 Å². The van der Waals surface area contributed by atoms with Crippen molar-refractivity contribution < 1.29 is 19.8 Å². The number of aliphatic hydroxyl groups is 2. The summed E-state index contributed by atoms with van der Waals surface area (Å²) in [6, 6.07) is 5.76. The van der Waals surface area contributed by atoms with Gasteiger partial charge in [-0.2, -0.15) is 0 Å². The lowest BCUT2D eigenvalue weighted by atomic mass is 9.43. The molecule has 6 rings (SSSR count). The zero-order chi connectivity index (χ0) is 27.7. The number of carbonyl (C=O) groups excluding carboxylic acids is 2. The normalized spacial score (nSPS) is 41.8. The molecule has 39 heavy (non-hydrogen) atoms. The molecule has 5 nitrogen and oxygen atoms in total. The summed E-state index contributed by atoms with van der Waals surface area (Å²) in [5.41, 5.74) is 3.33. The molecule has 214 valence electrons. The van der Waals surface area contributed by atoms with Crippen molar-refractivity contribution in [2.24, 2.45) is 46.3 Å². The SMILES string of the molecule is CC(=O)c1ccc2c(c1)CCN2C(=O)CC[C@@H](C)[C@H]1CC[C@H]2[C@@H]3[C@@H](O)C[C@@H]4C[C@H](O)CC[C@]4(C)[C@H]3CC[C@]12C. The molecule has 4 aliphatic carbocycles. The van der Waals surface area contributed by atoms with Crippen molar-refractivity contribution in [2.45, 2.75) is 111 Å². The molecular weight excluding hydrogens is 486 g/mol. The first-order valence-corrected chi connectivity index (χ1v) is 15.8. The monoisotopic (exact) mass is 535 g/mol. The third-order valence-electron chi connectivity index (χ3n) is 12.9. The van der Waals surface area contributed by atoms with Gasteiger partial charge in [0.2, 0.25) is 5.91 Å². The first kappa shape index (κ1) is 27.4. The number of ketones is 1. The zero-order valence-corrected chi connectivity index (χ0v) is 24.5. The van der Waals surface area contributed by atoms with Gasteiger partial charge in [0, 0.05) is 24.2 Å². The van der Waals surface area contributed by atoms with Crippen molar-refractivity contribution in [1.29, 1.82) is 0 Å². The maximum atomic E-state index is 13.3. The highest BCUT2D eigenvalue weighted by molar-refractivity contribution is 5.98. The summed E-state index contributed by atoms with van der Waals surface area (Å²) in [5.74, 6) is 3.35. The van der Waals surface area contributed by atoms with E-state index in [0.717, 1.165) is 55.3 Å². The van der Waals surface area contributed by atoms with E-state index in [9.17, 15) is 19.8 Å². The van der Waals surface area contributed by atoms with Crippen LogP contribution in [-0.4, -0.2) is 40.7 Å². The molecule has 0 spiro atoms. The van der Waals surface area contributed by atoms with Gasteiger partial charge < -0.3 is 15.1 Å². The van der Waals surface area contributed by atoms with Gasteiger partial charge in [0.1, 0.15) is 0 Å². The van der Waals surface area contributed by atoms with Crippen molar-refractivity contribution in [3.05, 3.63) is 29.3 Å². The number of hydrogen-bond acceptors (Lipinski definition) is 4. The third-order valence-corrected chi connectivity index (χ3v) is 12.9. The van der Waals surface area contributed by atoms with Crippen LogP contribution in [0.3, 0.4) is 0 Å². The van der Waals surface area contributed by atoms with Crippen molar-refractivity contribution in [2.75, 3.05) is 11.4 Å². The van der Waals surface area contributed by atoms with Crippen LogP contribution in [0.2, 0.25) is 0 Å². The van der Waals surface area contributed by atoms with Gasteiger partial charge in [-0.1, -0.05) is 20.8 Å². The summed E-state index contributed by atoms with van der Waals surface area (Å²) in [5, 5.41) is 21.9. The Hall–Kier alpha value is -1.72. The Kier molecular flexibility index (Phi) is 7.02. The Balaban J connectivity index is 1.12. The summed E-state index contributed by atoms with van der Waals surface area (Å²) in [6.07, 6.45) is 10.5. The molecule has 4 saturated carbocycles. The lowest BCUT2D eigenvalue weighted by Gasteiger charge is -2.62. The number of anilines is 1. The van der Waals surface area contributed by atoms with Gasteiger partial charge in [0.15, 0.2) is 5.78 Å². The van der Waals surface area contributed by atoms with Crippen LogP contribution in [0.4, 0.5) is 5.69 Å². The molecule has 10 atom stereocenters. The molecule has 5 aliphatic rings. The third kappa shape index (κ3) is 4.41. The minimum absolute atomic E-state index is 0.0704. The number of fused-ring (bicyclic) bond motifs is 6. The maximum absolute atomic E-state index is 13.3. The predicted molar refractivity (Wildman–Crippen MR) is 154 cm³/mol. The van der Waals surface area contributed by atoms with E-state index in [2.05, 4.69) is 20.8 Å². The predicted octanol–water partition coefficient (Wildman–Crippen LogP) is 6.19. The summed E-state index contributed by atoms with van der Waals surface area (Å²) in [4.78, 5) is 27.0. The van der Waals surface area contributed by atoms with Gasteiger partial charge in [-0.15, -0.1) is 0 Å². The van der Waals surface area contributed by atoms with Gasteiger partial charge in [-0.25, -0.2) is 0 Å². The molecule has 0 bridgehead atoms. The van der Waals surface area contributed by atoms with Crippen molar-refractivity contribution in [3.63, 3.8) is 0 Å². The van der Waals surface area contributed by atoms with Crippen molar-refractivity contribution in [1.82, 2.24) is 0 Å². The number of carbonyl (C=O) groups is 2. The minimum Gasteiger partial charge on any atom is -0.393 e. The molecule has 1 aromatic rings. The highest BCUT2D eigenvalue weighted by Gasteiger charge is 2.62. The minimum atomic E-state index is -0.239. The standard InChI is InChI=1S/C34H49NO4/c1-20(5-10-31(39)35-16-13-23-17-22(21(2)36)6-9-29(23)35)26-7-8-27-32-28(12-15-34(26,27)4)33(3)14-11-25(37)18-24(33)19-30(32)38/h6,9,17,20,24-28,30,32,37-38H,5,7-8,10-16,18-19H2,1-4H3/t20-,24+,25-,26-,27+,28+,30+,32+,33+,34-/m1/s1. The van der Waals surface area contributed by atoms with E-state index in [1.165, 1.54) is 25.7 Å². The maximum Gasteiger partial charge on any atom is 0.227 e. The van der Waals surface area contributed by atoms with E-state index >= 15 is 0 Å². The Morgan fingerprint density at radius 3 is 2.54 bits per heavy atom. The molecule has 2 N–H and O–H groups in total. The highest BCUT2D eigenvalue weighted by Crippen LogP contribution is 2.68. The number of nitrogens with zero attached hydrogens (tertiary/aromatic N) is 1. The smallest absolute Gasteiger partial charge is 0.227 e. The molecule has 1 amide bonds. The molecule has 1 aliphatic heterocycles. The molecule has 0 radical (unpaired) electrons. The Labute approximate surface area is 234 Å². The van der Waals surface area contributed by atoms with Crippen LogP contribution in [0, 0.1) is 46.3 Å². The number of hydrogen-bond donors (Lipinski definition) is 2. The largest absolute Gasteiger partial charge is 0.393 e. The van der Waals surface area contributed by atoms with Gasteiger partial charge in [-0.3, -0.25) is 9.59 Å². The average Bonchev–Trinajstić information content (AvgIpc) is 3.48. The summed E-state index contributed by atoms with van der Waals surface area (Å²) in [7, 11) is 0. The lowest BCUT2D eigenvalue weighted by molar-refractivity contribution is -0.174. The number of Topliss-reactive ketones (excluding diaryl/α,β-unsaturated/α-hetero) is 1. The van der Waals surface area contributed by atoms with E-state index in [1.807, 2.05) is 23.1 Å². The van der Waals surface area contributed by atoms with Crippen LogP contribution >= 0.6 is 0 Å². The van der Waals surface area contributed by atoms with E-state index in [0.29, 0.717) is 48.5 Å². The first-order valence-electron chi connectivity index (χ1n) is 15.8. The van der Waals surface area contributed by atoms with Crippen LogP contribution < -0.4 is 4.90 Å². The number of aliphatic hydroxyl groups excluding tert-OH is 2. The van der Waals surface area contributed by atoms with E-state index in [1.54, 1.807) is 6.92 Å². The molecule has 4 fully saturated rings. The zero-order valence-electron chi connectivity index (χ0n) is 24.5. The van der Waals surface area contributed by atoms with Crippen LogP contribution in [0.1, 0.15) is 108 Å². The van der Waals surface area contributed by atoms with E-state index in [-0.39, 0.29) is 34.7 Å². The molecule has 0 unspecified atom stereocenters. The second kappa shape index (κ2) is 9.98. The lowest BCUT2D eigenvalue weighted by Crippen LogP contribution is -2.58. The molecule has 5 heteroatoms. The Morgan fingerprint density at radius 2 is 1.77 bits per heavy atom. The highest BCUT2D eigenvalue weighted by atomic mass is 16.3. The Morgan fingerprint density at radius 1 is 1.03 bits per heavy atom. The molecule has 0 aromatic heterocycles. The van der Waals surface area contributed by atoms with Crippen LogP contribution in [-0.2, 0) is 11.2 Å². The van der Waals surface area contributed by atoms with Gasteiger partial charge in [0.25, 0.3) is 0 Å². The molecule has 1 aromatic carbocycles. The number of rotatable bonds is 5. The van der Waals surface area contributed by atoms with Crippen molar-refractivity contribution in [3.8, 4) is 0 Å². The van der Waals surface area contributed by atoms with Gasteiger partial charge >= 0.3 is 0 Å². The summed E-state index contributed by atoms with van der Waals surface area (Å²) < 4.78 is 0. The molecular formula is C34H49NO4. The summed E-state index contributed by atoms with van der Waals surface area (Å²) in [6.45, 7) is 9.67. The van der Waals surface area contributed by atoms with Gasteiger partial charge in [-0.05, 0) is 141 Å². The van der Waals surface area contributed by atoms with Crippen molar-refractivity contribution >= 4 is 17.4 Å². The molecule has 1 heterocycles.